The summed E-state index contributed by atoms with van der Waals surface area (Å²) in [7, 11) is 0. The summed E-state index contributed by atoms with van der Waals surface area (Å²) in [5, 5.41) is 3.42. The Kier molecular flexibility index (Phi) is 3.62. The van der Waals surface area contributed by atoms with Crippen LogP contribution in [0.2, 0.25) is 0 Å². The van der Waals surface area contributed by atoms with E-state index in [1.54, 1.807) is 0 Å². The zero-order chi connectivity index (χ0) is 11.4. The number of nitrogens with one attached hydrogen (secondary N) is 1. The summed E-state index contributed by atoms with van der Waals surface area (Å²) >= 11 is 0. The fourth-order valence-corrected chi connectivity index (χ4v) is 1.52. The molecule has 0 atom stereocenters. The maximum absolute atomic E-state index is 5.66. The number of aryl methyl sites for hydroxylation is 1. The van der Waals surface area contributed by atoms with Crippen LogP contribution in [0.5, 0.6) is 5.75 Å². The first-order valence-electron chi connectivity index (χ1n) is 5.83. The van der Waals surface area contributed by atoms with Gasteiger partial charge in [-0.2, -0.15) is 0 Å². The molecule has 16 heavy (non-hydrogen) atoms. The SMILES string of the molecule is C=C(CNC1CC1)COc1cccc(C)c1. The van der Waals surface area contributed by atoms with Crippen LogP contribution < -0.4 is 10.1 Å². The highest BCUT2D eigenvalue weighted by molar-refractivity contribution is 5.27. The van der Waals surface area contributed by atoms with Crippen molar-refractivity contribution in [2.45, 2.75) is 25.8 Å². The minimum absolute atomic E-state index is 0.600. The molecule has 0 amide bonds. The van der Waals surface area contributed by atoms with Gasteiger partial charge in [-0.05, 0) is 43.0 Å². The minimum atomic E-state index is 0.600. The highest BCUT2D eigenvalue weighted by Gasteiger charge is 2.19. The standard InChI is InChI=1S/C14H19NO/c1-11-4-3-5-14(8-11)16-10-12(2)9-15-13-6-7-13/h3-5,8,13,15H,2,6-7,9-10H2,1H3. The van der Waals surface area contributed by atoms with Crippen molar-refractivity contribution >= 4 is 0 Å². The normalized spacial score (nSPS) is 14.8. The third-order valence-electron chi connectivity index (χ3n) is 2.65. The molecule has 2 rings (SSSR count). The van der Waals surface area contributed by atoms with E-state index in [2.05, 4.69) is 24.9 Å². The molecule has 0 heterocycles. The molecule has 0 unspecified atom stereocenters. The van der Waals surface area contributed by atoms with Crippen molar-refractivity contribution in [3.63, 3.8) is 0 Å². The summed E-state index contributed by atoms with van der Waals surface area (Å²) in [6.07, 6.45) is 2.62. The van der Waals surface area contributed by atoms with Crippen molar-refractivity contribution in [1.82, 2.24) is 5.32 Å². The monoisotopic (exact) mass is 217 g/mol. The van der Waals surface area contributed by atoms with E-state index >= 15 is 0 Å². The molecule has 1 aliphatic carbocycles. The van der Waals surface area contributed by atoms with Crippen LogP contribution in [0.25, 0.3) is 0 Å². The fourth-order valence-electron chi connectivity index (χ4n) is 1.52. The molecule has 1 saturated carbocycles. The van der Waals surface area contributed by atoms with Crippen LogP contribution in [0.3, 0.4) is 0 Å². The summed E-state index contributed by atoms with van der Waals surface area (Å²) in [5.74, 6) is 0.924. The van der Waals surface area contributed by atoms with E-state index in [-0.39, 0.29) is 0 Å². The first-order chi connectivity index (χ1) is 7.74. The third-order valence-corrected chi connectivity index (χ3v) is 2.65. The summed E-state index contributed by atoms with van der Waals surface area (Å²) in [6.45, 7) is 7.54. The van der Waals surface area contributed by atoms with Crippen LogP contribution >= 0.6 is 0 Å². The van der Waals surface area contributed by atoms with Gasteiger partial charge < -0.3 is 10.1 Å². The van der Waals surface area contributed by atoms with Crippen molar-refractivity contribution in [1.29, 1.82) is 0 Å². The Balaban J connectivity index is 1.71. The molecule has 0 saturated heterocycles. The minimum Gasteiger partial charge on any atom is -0.489 e. The van der Waals surface area contributed by atoms with Crippen LogP contribution in [0.1, 0.15) is 18.4 Å². The summed E-state index contributed by atoms with van der Waals surface area (Å²) in [6, 6.07) is 8.83. The van der Waals surface area contributed by atoms with Crippen molar-refractivity contribution < 1.29 is 4.74 Å². The Morgan fingerprint density at radius 1 is 1.50 bits per heavy atom. The highest BCUT2D eigenvalue weighted by Crippen LogP contribution is 2.18. The fraction of sp³-hybridized carbons (Fsp3) is 0.429. The topological polar surface area (TPSA) is 21.3 Å². The van der Waals surface area contributed by atoms with Gasteiger partial charge in [0.05, 0.1) is 0 Å². The molecule has 2 nitrogen and oxygen atoms in total. The summed E-state index contributed by atoms with van der Waals surface area (Å²) in [5.41, 5.74) is 2.33. The maximum atomic E-state index is 5.66. The largest absolute Gasteiger partial charge is 0.489 e. The van der Waals surface area contributed by atoms with E-state index in [0.717, 1.165) is 23.9 Å². The van der Waals surface area contributed by atoms with Gasteiger partial charge in [-0.3, -0.25) is 0 Å². The van der Waals surface area contributed by atoms with Gasteiger partial charge in [0.1, 0.15) is 12.4 Å². The van der Waals surface area contributed by atoms with Gasteiger partial charge in [-0.25, -0.2) is 0 Å². The Morgan fingerprint density at radius 3 is 3.00 bits per heavy atom. The lowest BCUT2D eigenvalue weighted by Gasteiger charge is -2.09. The quantitative estimate of drug-likeness (QED) is 0.740. The van der Waals surface area contributed by atoms with Gasteiger partial charge in [0.25, 0.3) is 0 Å². The lowest BCUT2D eigenvalue weighted by atomic mass is 10.2. The van der Waals surface area contributed by atoms with E-state index in [1.807, 2.05) is 18.2 Å². The Morgan fingerprint density at radius 2 is 2.31 bits per heavy atom. The van der Waals surface area contributed by atoms with Gasteiger partial charge in [0.2, 0.25) is 0 Å². The lowest BCUT2D eigenvalue weighted by molar-refractivity contribution is 0.348. The number of hydrogen-bond acceptors (Lipinski definition) is 2. The Hall–Kier alpha value is -1.28. The highest BCUT2D eigenvalue weighted by atomic mass is 16.5. The summed E-state index contributed by atoms with van der Waals surface area (Å²) < 4.78 is 5.66. The Labute approximate surface area is 97.3 Å². The predicted octanol–water partition coefficient (Wildman–Crippen LogP) is 2.68. The zero-order valence-corrected chi connectivity index (χ0v) is 9.83. The second kappa shape index (κ2) is 5.17. The molecular formula is C14H19NO. The van der Waals surface area contributed by atoms with E-state index in [4.69, 9.17) is 4.74 Å². The van der Waals surface area contributed by atoms with Gasteiger partial charge in [0.15, 0.2) is 0 Å². The maximum Gasteiger partial charge on any atom is 0.120 e. The van der Waals surface area contributed by atoms with Crippen LogP contribution in [0.4, 0.5) is 0 Å². The van der Waals surface area contributed by atoms with Crippen molar-refractivity contribution in [3.05, 3.63) is 42.0 Å². The lowest BCUT2D eigenvalue weighted by Crippen LogP contribution is -2.21. The molecule has 0 radical (unpaired) electrons. The first kappa shape index (κ1) is 11.2. The average molecular weight is 217 g/mol. The molecule has 0 spiro atoms. The smallest absolute Gasteiger partial charge is 0.120 e. The van der Waals surface area contributed by atoms with Gasteiger partial charge >= 0.3 is 0 Å². The van der Waals surface area contributed by atoms with Crippen LogP contribution in [-0.4, -0.2) is 19.2 Å². The van der Waals surface area contributed by atoms with E-state index < -0.39 is 0 Å². The average Bonchev–Trinajstić information content (AvgIpc) is 3.07. The van der Waals surface area contributed by atoms with E-state index in [1.165, 1.54) is 18.4 Å². The zero-order valence-electron chi connectivity index (χ0n) is 9.83. The van der Waals surface area contributed by atoms with Crippen LogP contribution in [-0.2, 0) is 0 Å². The molecule has 0 bridgehead atoms. The molecule has 1 aromatic rings. The van der Waals surface area contributed by atoms with Crippen molar-refractivity contribution in [2.75, 3.05) is 13.2 Å². The van der Waals surface area contributed by atoms with Gasteiger partial charge in [-0.1, -0.05) is 18.7 Å². The number of hydrogen-bond donors (Lipinski definition) is 1. The predicted molar refractivity (Wildman–Crippen MR) is 66.8 cm³/mol. The number of benzene rings is 1. The van der Waals surface area contributed by atoms with Crippen LogP contribution in [0, 0.1) is 6.92 Å². The molecule has 1 fully saturated rings. The second-order valence-electron chi connectivity index (χ2n) is 4.51. The summed E-state index contributed by atoms with van der Waals surface area (Å²) in [4.78, 5) is 0. The van der Waals surface area contributed by atoms with Crippen molar-refractivity contribution in [3.8, 4) is 5.75 Å². The van der Waals surface area contributed by atoms with Crippen molar-refractivity contribution in [2.24, 2.45) is 0 Å². The van der Waals surface area contributed by atoms with E-state index in [0.29, 0.717) is 6.61 Å². The Bertz CT molecular complexity index is 369. The van der Waals surface area contributed by atoms with Crippen LogP contribution in [0.15, 0.2) is 36.4 Å². The molecule has 86 valence electrons. The molecule has 1 aliphatic rings. The molecule has 0 aliphatic heterocycles. The first-order valence-corrected chi connectivity index (χ1v) is 5.83. The number of rotatable bonds is 6. The molecule has 1 N–H and O–H groups in total. The second-order valence-corrected chi connectivity index (χ2v) is 4.51. The molecule has 2 heteroatoms. The van der Waals surface area contributed by atoms with Gasteiger partial charge in [-0.15, -0.1) is 0 Å². The molecular weight excluding hydrogens is 198 g/mol. The third kappa shape index (κ3) is 3.70. The molecule has 0 aromatic heterocycles. The van der Waals surface area contributed by atoms with E-state index in [9.17, 15) is 0 Å². The number of ether oxygens (including phenoxy) is 1. The van der Waals surface area contributed by atoms with Gasteiger partial charge in [0, 0.05) is 12.6 Å². The molecule has 1 aromatic carbocycles.